The summed E-state index contributed by atoms with van der Waals surface area (Å²) in [6, 6.07) is 16.1. The fourth-order valence-electron chi connectivity index (χ4n) is 3.35. The molecule has 1 fully saturated rings. The molecule has 1 heterocycles. The highest BCUT2D eigenvalue weighted by Crippen LogP contribution is 2.14. The molecule has 1 amide bonds. The Morgan fingerprint density at radius 3 is 2.24 bits per heavy atom. The van der Waals surface area contributed by atoms with E-state index in [1.54, 1.807) is 17.0 Å². The molecule has 1 aliphatic rings. The summed E-state index contributed by atoms with van der Waals surface area (Å²) in [6.07, 6.45) is 1.04. The van der Waals surface area contributed by atoms with E-state index < -0.39 is 15.8 Å². The second-order valence-corrected chi connectivity index (χ2v) is 9.25. The van der Waals surface area contributed by atoms with E-state index in [9.17, 15) is 17.6 Å². The van der Waals surface area contributed by atoms with Crippen molar-refractivity contribution < 1.29 is 17.6 Å². The summed E-state index contributed by atoms with van der Waals surface area (Å²) in [5.41, 5.74) is 1.47. The SMILES string of the molecule is CS(=O)(=O)N(CC(=O)N1CCN(Cc2ccccc2)CC1)Cc1ccccc1F. The third-order valence-electron chi connectivity index (χ3n) is 5.06. The Labute approximate surface area is 171 Å². The molecule has 3 rings (SSSR count). The Balaban J connectivity index is 1.57. The minimum atomic E-state index is -3.66. The molecule has 0 bridgehead atoms. The van der Waals surface area contributed by atoms with Crippen molar-refractivity contribution in [2.45, 2.75) is 13.1 Å². The molecule has 0 N–H and O–H groups in total. The molecule has 0 saturated carbocycles. The summed E-state index contributed by atoms with van der Waals surface area (Å²) in [5, 5.41) is 0. The van der Waals surface area contributed by atoms with Crippen molar-refractivity contribution in [2.24, 2.45) is 0 Å². The fourth-order valence-corrected chi connectivity index (χ4v) is 4.07. The van der Waals surface area contributed by atoms with Crippen molar-refractivity contribution in [1.29, 1.82) is 0 Å². The predicted octanol–water partition coefficient (Wildman–Crippen LogP) is 1.93. The van der Waals surface area contributed by atoms with Gasteiger partial charge in [0.25, 0.3) is 0 Å². The van der Waals surface area contributed by atoms with Gasteiger partial charge in [0, 0.05) is 44.8 Å². The predicted molar refractivity (Wildman–Crippen MR) is 110 cm³/mol. The summed E-state index contributed by atoms with van der Waals surface area (Å²) in [4.78, 5) is 16.7. The Bertz CT molecular complexity index is 929. The Hall–Kier alpha value is -2.29. The highest BCUT2D eigenvalue weighted by atomic mass is 32.2. The van der Waals surface area contributed by atoms with Crippen LogP contribution < -0.4 is 0 Å². The van der Waals surface area contributed by atoms with E-state index in [4.69, 9.17) is 0 Å². The summed E-state index contributed by atoms with van der Waals surface area (Å²) in [6.45, 7) is 2.92. The largest absolute Gasteiger partial charge is 0.339 e. The van der Waals surface area contributed by atoms with Gasteiger partial charge in [-0.1, -0.05) is 48.5 Å². The van der Waals surface area contributed by atoms with Crippen molar-refractivity contribution in [1.82, 2.24) is 14.1 Å². The molecule has 0 spiro atoms. The normalized spacial score (nSPS) is 15.6. The van der Waals surface area contributed by atoms with Crippen molar-refractivity contribution >= 4 is 15.9 Å². The fraction of sp³-hybridized carbons (Fsp3) is 0.381. The van der Waals surface area contributed by atoms with E-state index in [-0.39, 0.29) is 24.6 Å². The number of nitrogens with zero attached hydrogens (tertiary/aromatic N) is 3. The number of benzene rings is 2. The van der Waals surface area contributed by atoms with E-state index in [2.05, 4.69) is 17.0 Å². The highest BCUT2D eigenvalue weighted by Gasteiger charge is 2.27. The zero-order valence-corrected chi connectivity index (χ0v) is 17.3. The van der Waals surface area contributed by atoms with E-state index in [0.29, 0.717) is 13.1 Å². The van der Waals surface area contributed by atoms with Crippen LogP contribution in [0.3, 0.4) is 0 Å². The van der Waals surface area contributed by atoms with Gasteiger partial charge in [0.1, 0.15) is 5.82 Å². The van der Waals surface area contributed by atoms with Gasteiger partial charge < -0.3 is 4.90 Å². The lowest BCUT2D eigenvalue weighted by Crippen LogP contribution is -2.51. The molecule has 0 aliphatic carbocycles. The Kier molecular flexibility index (Phi) is 7.00. The van der Waals surface area contributed by atoms with Gasteiger partial charge in [-0.05, 0) is 11.6 Å². The van der Waals surface area contributed by atoms with Gasteiger partial charge in [0.2, 0.25) is 15.9 Å². The summed E-state index contributed by atoms with van der Waals surface area (Å²) in [7, 11) is -3.66. The molecule has 29 heavy (non-hydrogen) atoms. The summed E-state index contributed by atoms with van der Waals surface area (Å²) < 4.78 is 39.3. The summed E-state index contributed by atoms with van der Waals surface area (Å²) >= 11 is 0. The molecule has 2 aromatic carbocycles. The Morgan fingerprint density at radius 2 is 1.62 bits per heavy atom. The van der Waals surface area contributed by atoms with E-state index >= 15 is 0 Å². The van der Waals surface area contributed by atoms with Crippen LogP contribution in [0.15, 0.2) is 54.6 Å². The molecule has 6 nitrogen and oxygen atoms in total. The minimum Gasteiger partial charge on any atom is -0.339 e. The lowest BCUT2D eigenvalue weighted by molar-refractivity contribution is -0.133. The number of piperazine rings is 1. The van der Waals surface area contributed by atoms with Crippen LogP contribution in [-0.2, 0) is 27.9 Å². The molecular weight excluding hydrogens is 393 g/mol. The monoisotopic (exact) mass is 419 g/mol. The quantitative estimate of drug-likeness (QED) is 0.688. The topological polar surface area (TPSA) is 60.9 Å². The van der Waals surface area contributed by atoms with Crippen molar-refractivity contribution in [3.8, 4) is 0 Å². The van der Waals surface area contributed by atoms with E-state index in [1.165, 1.54) is 17.7 Å². The molecule has 1 aliphatic heterocycles. The standard InChI is InChI=1S/C21H26FN3O3S/c1-29(27,28)25(16-19-9-5-6-10-20(19)22)17-21(26)24-13-11-23(12-14-24)15-18-7-3-2-4-8-18/h2-10H,11-17H2,1H3. The zero-order chi connectivity index (χ0) is 20.9. The molecule has 2 aromatic rings. The minimum absolute atomic E-state index is 0.161. The lowest BCUT2D eigenvalue weighted by Gasteiger charge is -2.35. The molecule has 8 heteroatoms. The van der Waals surface area contributed by atoms with Gasteiger partial charge in [-0.2, -0.15) is 4.31 Å². The van der Waals surface area contributed by atoms with Crippen LogP contribution >= 0.6 is 0 Å². The van der Waals surface area contributed by atoms with Gasteiger partial charge >= 0.3 is 0 Å². The molecule has 0 aromatic heterocycles. The lowest BCUT2D eigenvalue weighted by atomic mass is 10.2. The van der Waals surface area contributed by atoms with Gasteiger partial charge in [-0.3, -0.25) is 9.69 Å². The maximum absolute atomic E-state index is 13.9. The Morgan fingerprint density at radius 1 is 1.00 bits per heavy atom. The maximum atomic E-state index is 13.9. The molecular formula is C21H26FN3O3S. The summed E-state index contributed by atoms with van der Waals surface area (Å²) in [5.74, 6) is -0.741. The molecule has 156 valence electrons. The van der Waals surface area contributed by atoms with Gasteiger partial charge in [0.15, 0.2) is 0 Å². The number of hydrogen-bond donors (Lipinski definition) is 0. The highest BCUT2D eigenvalue weighted by molar-refractivity contribution is 7.88. The van der Waals surface area contributed by atoms with Crippen molar-refractivity contribution in [3.63, 3.8) is 0 Å². The zero-order valence-electron chi connectivity index (χ0n) is 16.5. The van der Waals surface area contributed by atoms with Gasteiger partial charge in [0.05, 0.1) is 12.8 Å². The first-order chi connectivity index (χ1) is 13.8. The number of amides is 1. The van der Waals surface area contributed by atoms with Crippen LogP contribution in [0, 0.1) is 5.82 Å². The van der Waals surface area contributed by atoms with Gasteiger partial charge in [-0.25, -0.2) is 12.8 Å². The average Bonchev–Trinajstić information content (AvgIpc) is 2.69. The molecule has 0 unspecified atom stereocenters. The van der Waals surface area contributed by atoms with Crippen LogP contribution in [0.1, 0.15) is 11.1 Å². The van der Waals surface area contributed by atoms with Crippen LogP contribution in [0.5, 0.6) is 0 Å². The molecule has 0 radical (unpaired) electrons. The van der Waals surface area contributed by atoms with Crippen LogP contribution in [0.2, 0.25) is 0 Å². The maximum Gasteiger partial charge on any atom is 0.237 e. The second-order valence-electron chi connectivity index (χ2n) is 7.26. The number of sulfonamides is 1. The smallest absolute Gasteiger partial charge is 0.237 e. The first-order valence-corrected chi connectivity index (χ1v) is 11.4. The third kappa shape index (κ3) is 6.09. The second kappa shape index (κ2) is 9.47. The number of carbonyl (C=O) groups is 1. The molecule has 1 saturated heterocycles. The van der Waals surface area contributed by atoms with Crippen LogP contribution in [-0.4, -0.2) is 67.4 Å². The van der Waals surface area contributed by atoms with Crippen molar-refractivity contribution in [3.05, 3.63) is 71.5 Å². The number of rotatable bonds is 7. The average molecular weight is 420 g/mol. The van der Waals surface area contributed by atoms with Crippen molar-refractivity contribution in [2.75, 3.05) is 39.0 Å². The van der Waals surface area contributed by atoms with E-state index in [1.807, 2.05) is 18.2 Å². The van der Waals surface area contributed by atoms with Crippen LogP contribution in [0.25, 0.3) is 0 Å². The third-order valence-corrected chi connectivity index (χ3v) is 6.26. The number of carbonyl (C=O) groups excluding carboxylic acids is 1. The first-order valence-electron chi connectivity index (χ1n) is 9.55. The van der Waals surface area contributed by atoms with Gasteiger partial charge in [-0.15, -0.1) is 0 Å². The van der Waals surface area contributed by atoms with E-state index in [0.717, 1.165) is 30.2 Å². The molecule has 0 atom stereocenters. The number of hydrogen-bond acceptors (Lipinski definition) is 4. The number of halogens is 1. The first kappa shape index (κ1) is 21.4. The van der Waals surface area contributed by atoms with Crippen LogP contribution in [0.4, 0.5) is 4.39 Å².